The maximum absolute atomic E-state index is 15.3. The number of nitrogens with zero attached hydrogens (tertiary/aromatic N) is 7. The van der Waals surface area contributed by atoms with Crippen molar-refractivity contribution in [3.8, 4) is 11.5 Å². The molecule has 2 atom stereocenters. The first kappa shape index (κ1) is 24.4. The molecular formula is C28H25FN8O2. The average Bonchev–Trinajstić information content (AvgIpc) is 3.57. The summed E-state index contributed by atoms with van der Waals surface area (Å²) < 4.78 is 22.8. The van der Waals surface area contributed by atoms with Gasteiger partial charge in [0.2, 0.25) is 5.91 Å². The summed E-state index contributed by atoms with van der Waals surface area (Å²) in [6.45, 7) is 8.01. The third-order valence-electron chi connectivity index (χ3n) is 6.95. The van der Waals surface area contributed by atoms with Crippen LogP contribution in [-0.4, -0.2) is 52.9 Å². The number of anilines is 2. The number of carbonyl (C=O) groups is 1. The minimum Gasteiger partial charge on any atom is -0.457 e. The van der Waals surface area contributed by atoms with Gasteiger partial charge in [-0.15, -0.1) is 0 Å². The third-order valence-corrected chi connectivity index (χ3v) is 6.95. The van der Waals surface area contributed by atoms with Crippen LogP contribution in [0.2, 0.25) is 0 Å². The van der Waals surface area contributed by atoms with Crippen LogP contribution in [0.5, 0.6) is 11.5 Å². The Morgan fingerprint density at radius 3 is 2.90 bits per heavy atom. The third kappa shape index (κ3) is 4.63. The summed E-state index contributed by atoms with van der Waals surface area (Å²) in [6.07, 6.45) is 6.71. The van der Waals surface area contributed by atoms with Gasteiger partial charge < -0.3 is 15.0 Å². The molecule has 1 aliphatic heterocycles. The Labute approximate surface area is 223 Å². The lowest BCUT2D eigenvalue weighted by atomic mass is 10.0. The van der Waals surface area contributed by atoms with Crippen LogP contribution < -0.4 is 10.1 Å². The van der Waals surface area contributed by atoms with Crippen molar-refractivity contribution in [1.29, 1.82) is 0 Å². The minimum absolute atomic E-state index is 0.0637. The van der Waals surface area contributed by atoms with Gasteiger partial charge in [-0.3, -0.25) is 4.79 Å². The predicted octanol–water partition coefficient (Wildman–Crippen LogP) is 4.94. The molecule has 0 bridgehead atoms. The number of hydrogen-bond acceptors (Lipinski definition) is 8. The van der Waals surface area contributed by atoms with Gasteiger partial charge in [-0.05, 0) is 56.2 Å². The van der Waals surface area contributed by atoms with Gasteiger partial charge in [0, 0.05) is 42.5 Å². The highest BCUT2D eigenvalue weighted by Crippen LogP contribution is 2.34. The van der Waals surface area contributed by atoms with Crippen LogP contribution in [0.3, 0.4) is 0 Å². The molecule has 5 heterocycles. The van der Waals surface area contributed by atoms with Crippen molar-refractivity contribution in [2.45, 2.75) is 32.2 Å². The van der Waals surface area contributed by atoms with E-state index in [2.05, 4.69) is 31.9 Å². The van der Waals surface area contributed by atoms with Gasteiger partial charge in [-0.2, -0.15) is 5.10 Å². The number of ether oxygens (including phenoxy) is 1. The van der Waals surface area contributed by atoms with Gasteiger partial charge in [-0.1, -0.05) is 6.58 Å². The van der Waals surface area contributed by atoms with E-state index in [1.54, 1.807) is 33.8 Å². The van der Waals surface area contributed by atoms with Crippen molar-refractivity contribution in [3.63, 3.8) is 0 Å². The second-order valence-electron chi connectivity index (χ2n) is 9.55. The van der Waals surface area contributed by atoms with E-state index in [-0.39, 0.29) is 23.6 Å². The number of aromatic nitrogens is 6. The Morgan fingerprint density at radius 2 is 2.05 bits per heavy atom. The van der Waals surface area contributed by atoms with Crippen LogP contribution >= 0.6 is 0 Å². The summed E-state index contributed by atoms with van der Waals surface area (Å²) in [6, 6.07) is 10.3. The van der Waals surface area contributed by atoms with E-state index < -0.39 is 5.82 Å². The number of halogens is 1. The number of pyridine rings is 2. The second-order valence-corrected chi connectivity index (χ2v) is 9.55. The number of nitrogens with one attached hydrogen (secondary N) is 1. The molecule has 0 aliphatic carbocycles. The molecule has 5 aromatic rings. The lowest BCUT2D eigenvalue weighted by molar-refractivity contribution is -0.126. The second kappa shape index (κ2) is 9.75. The maximum Gasteiger partial charge on any atom is 0.246 e. The number of carbonyl (C=O) groups excluding carboxylic acids is 1. The molecule has 196 valence electrons. The summed E-state index contributed by atoms with van der Waals surface area (Å²) in [5, 5.41) is 7.15. The minimum atomic E-state index is -0.509. The first-order valence-corrected chi connectivity index (χ1v) is 12.5. The predicted molar refractivity (Wildman–Crippen MR) is 144 cm³/mol. The van der Waals surface area contributed by atoms with E-state index in [0.717, 1.165) is 17.7 Å². The lowest BCUT2D eigenvalue weighted by Crippen LogP contribution is -2.32. The molecule has 11 heteroatoms. The topological polar surface area (TPSA) is 110 Å². The molecule has 0 saturated carbocycles. The van der Waals surface area contributed by atoms with Crippen molar-refractivity contribution in [1.82, 2.24) is 34.4 Å². The Hall–Kier alpha value is -4.93. The number of aryl methyl sites for hydroxylation is 1. The fraction of sp³-hybridized carbons (Fsp3) is 0.214. The largest absolute Gasteiger partial charge is 0.457 e. The molecular weight excluding hydrogens is 499 g/mol. The van der Waals surface area contributed by atoms with Crippen molar-refractivity contribution in [2.75, 3.05) is 11.9 Å². The van der Waals surface area contributed by atoms with Crippen molar-refractivity contribution in [2.24, 2.45) is 0 Å². The van der Waals surface area contributed by atoms with Gasteiger partial charge in [0.25, 0.3) is 0 Å². The molecule has 1 amide bonds. The zero-order valence-electron chi connectivity index (χ0n) is 21.4. The fourth-order valence-electron chi connectivity index (χ4n) is 4.93. The number of likely N-dealkylation sites (tertiary alicyclic amines) is 1. The molecule has 1 saturated heterocycles. The molecule has 4 aromatic heterocycles. The zero-order chi connectivity index (χ0) is 27.1. The molecule has 1 fully saturated rings. The lowest BCUT2D eigenvalue weighted by Gasteiger charge is -2.19. The molecule has 1 N–H and O–H groups in total. The van der Waals surface area contributed by atoms with Crippen molar-refractivity contribution >= 4 is 34.1 Å². The SMILES string of the molecule is C=CC(=O)N1C[C@@H](c2ccc3ncnc(Nc4cc(C)c(Oc5ccn6ncnc6c5)cc4F)c3n2)C[C@@H]1C. The molecule has 10 nitrogen and oxygen atoms in total. The van der Waals surface area contributed by atoms with Gasteiger partial charge in [0.1, 0.15) is 35.5 Å². The van der Waals surface area contributed by atoms with E-state index in [1.807, 2.05) is 26.0 Å². The number of hydrogen-bond donors (Lipinski definition) is 1. The summed E-state index contributed by atoms with van der Waals surface area (Å²) in [5.41, 5.74) is 3.56. The molecule has 0 radical (unpaired) electrons. The molecule has 6 rings (SSSR count). The Bertz CT molecular complexity index is 1740. The molecule has 0 spiro atoms. The van der Waals surface area contributed by atoms with Crippen LogP contribution in [0, 0.1) is 12.7 Å². The fourth-order valence-corrected chi connectivity index (χ4v) is 4.93. The molecule has 1 aliphatic rings. The van der Waals surface area contributed by atoms with Gasteiger partial charge in [-0.25, -0.2) is 28.8 Å². The van der Waals surface area contributed by atoms with Gasteiger partial charge in [0.15, 0.2) is 11.5 Å². The van der Waals surface area contributed by atoms with E-state index in [1.165, 1.54) is 24.8 Å². The quantitative estimate of drug-likeness (QED) is 0.311. The van der Waals surface area contributed by atoms with Crippen LogP contribution in [0.15, 0.2) is 67.9 Å². The van der Waals surface area contributed by atoms with Crippen LogP contribution in [0.1, 0.15) is 30.5 Å². The van der Waals surface area contributed by atoms with Crippen LogP contribution in [0.25, 0.3) is 16.7 Å². The van der Waals surface area contributed by atoms with Gasteiger partial charge >= 0.3 is 0 Å². The number of fused-ring (bicyclic) bond motifs is 2. The van der Waals surface area contributed by atoms with E-state index in [9.17, 15) is 4.79 Å². The smallest absolute Gasteiger partial charge is 0.246 e. The highest BCUT2D eigenvalue weighted by molar-refractivity contribution is 5.88. The average molecular weight is 525 g/mol. The highest BCUT2D eigenvalue weighted by Gasteiger charge is 2.33. The monoisotopic (exact) mass is 524 g/mol. The first-order chi connectivity index (χ1) is 18.9. The summed E-state index contributed by atoms with van der Waals surface area (Å²) in [7, 11) is 0. The number of rotatable bonds is 6. The summed E-state index contributed by atoms with van der Waals surface area (Å²) >= 11 is 0. The Balaban J connectivity index is 1.27. The summed E-state index contributed by atoms with van der Waals surface area (Å²) in [4.78, 5) is 31.7. The number of amides is 1. The van der Waals surface area contributed by atoms with E-state index in [4.69, 9.17) is 9.72 Å². The van der Waals surface area contributed by atoms with Crippen molar-refractivity contribution in [3.05, 3.63) is 85.0 Å². The van der Waals surface area contributed by atoms with Crippen molar-refractivity contribution < 1.29 is 13.9 Å². The van der Waals surface area contributed by atoms with E-state index >= 15 is 4.39 Å². The van der Waals surface area contributed by atoms with Crippen LogP contribution in [0.4, 0.5) is 15.9 Å². The number of benzene rings is 1. The maximum atomic E-state index is 15.3. The summed E-state index contributed by atoms with van der Waals surface area (Å²) in [5.74, 6) is 0.750. The molecule has 39 heavy (non-hydrogen) atoms. The Kier molecular flexibility index (Phi) is 6.10. The van der Waals surface area contributed by atoms with E-state index in [0.29, 0.717) is 40.5 Å². The standard InChI is InChI=1S/C28H25FN8O2/c1-4-26(38)36-13-18(10-17(36)3)21-5-6-22-27(34-21)28(32-14-30-22)35-23-9-16(2)24(12-20(23)29)39-19-7-8-37-25(11-19)31-15-33-37/h4-9,11-12,14-15,17-18H,1,10,13H2,2-3H3,(H,30,32,35)/t17-,18-/m0/s1. The zero-order valence-corrected chi connectivity index (χ0v) is 21.4. The molecule has 1 aromatic carbocycles. The first-order valence-electron chi connectivity index (χ1n) is 12.5. The highest BCUT2D eigenvalue weighted by atomic mass is 19.1. The van der Waals surface area contributed by atoms with Gasteiger partial charge in [0.05, 0.1) is 11.2 Å². The Morgan fingerprint density at radius 1 is 1.18 bits per heavy atom. The normalized spacial score (nSPS) is 17.1. The molecule has 0 unspecified atom stereocenters. The van der Waals surface area contributed by atoms with Crippen LogP contribution in [-0.2, 0) is 4.79 Å².